The Bertz CT molecular complexity index is 167. The lowest BCUT2D eigenvalue weighted by Crippen LogP contribution is -2.44. The van der Waals surface area contributed by atoms with Gasteiger partial charge in [0.25, 0.3) is 0 Å². The van der Waals surface area contributed by atoms with E-state index in [1.54, 1.807) is 0 Å². The normalized spacial score (nSPS) is 44.8. The van der Waals surface area contributed by atoms with Crippen molar-refractivity contribution in [2.45, 2.75) is 52.0 Å². The summed E-state index contributed by atoms with van der Waals surface area (Å²) in [6.07, 6.45) is 7.26. The van der Waals surface area contributed by atoms with Gasteiger partial charge < -0.3 is 5.32 Å². The Morgan fingerprint density at radius 2 is 1.85 bits per heavy atom. The minimum Gasteiger partial charge on any atom is -0.313 e. The molecule has 13 heavy (non-hydrogen) atoms. The maximum Gasteiger partial charge on any atom is 0.00929 e. The summed E-state index contributed by atoms with van der Waals surface area (Å²) < 4.78 is 0. The quantitative estimate of drug-likeness (QED) is 0.706. The Kier molecular flexibility index (Phi) is 2.92. The van der Waals surface area contributed by atoms with Gasteiger partial charge >= 0.3 is 0 Å². The molecule has 0 radical (unpaired) electrons. The summed E-state index contributed by atoms with van der Waals surface area (Å²) in [4.78, 5) is 0. The first-order valence-corrected chi connectivity index (χ1v) is 6.00. The van der Waals surface area contributed by atoms with Crippen molar-refractivity contribution in [3.63, 3.8) is 0 Å². The van der Waals surface area contributed by atoms with E-state index >= 15 is 0 Å². The molecule has 1 nitrogen and oxygen atoms in total. The summed E-state index contributed by atoms with van der Waals surface area (Å²) in [6, 6.07) is 0.854. The van der Waals surface area contributed by atoms with Crippen LogP contribution in [-0.2, 0) is 0 Å². The van der Waals surface area contributed by atoms with Gasteiger partial charge in [0.1, 0.15) is 0 Å². The molecule has 0 aromatic rings. The SMILES string of the molecule is CC1CCCC1CNC1CCC1C. The lowest BCUT2D eigenvalue weighted by atomic mass is 9.81. The van der Waals surface area contributed by atoms with Gasteiger partial charge in [-0.3, -0.25) is 0 Å². The first kappa shape index (κ1) is 9.51. The first-order valence-electron chi connectivity index (χ1n) is 6.00. The maximum absolute atomic E-state index is 3.74. The summed E-state index contributed by atoms with van der Waals surface area (Å²) in [5.74, 6) is 2.90. The van der Waals surface area contributed by atoms with Gasteiger partial charge in [0.05, 0.1) is 0 Å². The van der Waals surface area contributed by atoms with Gasteiger partial charge in [0.15, 0.2) is 0 Å². The Hall–Kier alpha value is -0.0400. The molecule has 2 aliphatic rings. The summed E-state index contributed by atoms with van der Waals surface area (Å²) in [6.45, 7) is 6.08. The minimum absolute atomic E-state index is 0.854. The average Bonchev–Trinajstić information content (AvgIpc) is 2.50. The van der Waals surface area contributed by atoms with Crippen LogP contribution in [-0.4, -0.2) is 12.6 Å². The van der Waals surface area contributed by atoms with E-state index in [0.717, 1.165) is 23.8 Å². The second kappa shape index (κ2) is 4.00. The second-order valence-electron chi connectivity index (χ2n) is 5.24. The van der Waals surface area contributed by atoms with Crippen molar-refractivity contribution in [1.29, 1.82) is 0 Å². The van der Waals surface area contributed by atoms with Gasteiger partial charge in [-0.15, -0.1) is 0 Å². The number of rotatable bonds is 3. The third-order valence-electron chi connectivity index (χ3n) is 4.30. The van der Waals surface area contributed by atoms with E-state index < -0.39 is 0 Å². The molecule has 1 N–H and O–H groups in total. The van der Waals surface area contributed by atoms with Gasteiger partial charge in [-0.25, -0.2) is 0 Å². The zero-order valence-corrected chi connectivity index (χ0v) is 9.05. The van der Waals surface area contributed by atoms with Crippen molar-refractivity contribution in [2.24, 2.45) is 17.8 Å². The molecule has 2 rings (SSSR count). The molecule has 2 aliphatic carbocycles. The predicted molar refractivity (Wildman–Crippen MR) is 56.7 cm³/mol. The van der Waals surface area contributed by atoms with Gasteiger partial charge in [-0.1, -0.05) is 26.7 Å². The highest BCUT2D eigenvalue weighted by atomic mass is 14.9. The summed E-state index contributed by atoms with van der Waals surface area (Å²) in [7, 11) is 0. The van der Waals surface area contributed by atoms with E-state index in [-0.39, 0.29) is 0 Å². The van der Waals surface area contributed by atoms with Crippen molar-refractivity contribution in [3.05, 3.63) is 0 Å². The highest BCUT2D eigenvalue weighted by molar-refractivity contribution is 4.85. The smallest absolute Gasteiger partial charge is 0.00929 e. The van der Waals surface area contributed by atoms with Crippen molar-refractivity contribution in [2.75, 3.05) is 6.54 Å². The molecule has 0 amide bonds. The third kappa shape index (κ3) is 2.07. The van der Waals surface area contributed by atoms with Gasteiger partial charge in [0.2, 0.25) is 0 Å². The maximum atomic E-state index is 3.74. The molecule has 2 fully saturated rings. The molecule has 4 atom stereocenters. The van der Waals surface area contributed by atoms with Crippen LogP contribution in [0.4, 0.5) is 0 Å². The van der Waals surface area contributed by atoms with Crippen LogP contribution in [0.15, 0.2) is 0 Å². The molecular weight excluding hydrogens is 158 g/mol. The molecular formula is C12H23N. The fourth-order valence-electron chi connectivity index (χ4n) is 2.80. The lowest BCUT2D eigenvalue weighted by molar-refractivity contribution is 0.213. The highest BCUT2D eigenvalue weighted by Crippen LogP contribution is 2.32. The topological polar surface area (TPSA) is 12.0 Å². The fourth-order valence-corrected chi connectivity index (χ4v) is 2.80. The fraction of sp³-hybridized carbons (Fsp3) is 1.00. The van der Waals surface area contributed by atoms with Crippen LogP contribution >= 0.6 is 0 Å². The molecule has 1 heteroatoms. The van der Waals surface area contributed by atoms with Crippen LogP contribution in [0.3, 0.4) is 0 Å². The lowest BCUT2D eigenvalue weighted by Gasteiger charge is -2.36. The van der Waals surface area contributed by atoms with Gasteiger partial charge in [-0.2, -0.15) is 0 Å². The standard InChI is InChI=1S/C12H23N/c1-9-4-3-5-11(9)8-13-12-7-6-10(12)2/h9-13H,3-8H2,1-2H3. The largest absolute Gasteiger partial charge is 0.313 e. The molecule has 0 heterocycles. The van der Waals surface area contributed by atoms with Crippen molar-refractivity contribution < 1.29 is 0 Å². The zero-order valence-electron chi connectivity index (χ0n) is 9.05. The first-order chi connectivity index (χ1) is 6.27. The zero-order chi connectivity index (χ0) is 9.26. The van der Waals surface area contributed by atoms with Crippen LogP contribution in [0.2, 0.25) is 0 Å². The summed E-state index contributed by atoms with van der Waals surface area (Å²) in [5.41, 5.74) is 0. The predicted octanol–water partition coefficient (Wildman–Crippen LogP) is 2.81. The van der Waals surface area contributed by atoms with E-state index in [1.165, 1.54) is 38.6 Å². The van der Waals surface area contributed by atoms with Gasteiger partial charge in [-0.05, 0) is 43.6 Å². The molecule has 76 valence electrons. The molecule has 0 aromatic heterocycles. The van der Waals surface area contributed by atoms with E-state index in [1.807, 2.05) is 0 Å². The highest BCUT2D eigenvalue weighted by Gasteiger charge is 2.29. The molecule has 2 saturated carbocycles. The second-order valence-corrected chi connectivity index (χ2v) is 5.24. The molecule has 0 saturated heterocycles. The Morgan fingerprint density at radius 1 is 1.00 bits per heavy atom. The molecule has 0 bridgehead atoms. The monoisotopic (exact) mass is 181 g/mol. The molecule has 4 unspecified atom stereocenters. The van der Waals surface area contributed by atoms with Crippen LogP contribution in [0.5, 0.6) is 0 Å². The third-order valence-corrected chi connectivity index (χ3v) is 4.30. The minimum atomic E-state index is 0.854. The van der Waals surface area contributed by atoms with Crippen LogP contribution in [0.1, 0.15) is 46.0 Å². The van der Waals surface area contributed by atoms with Crippen molar-refractivity contribution in [3.8, 4) is 0 Å². The number of hydrogen-bond donors (Lipinski definition) is 1. The summed E-state index contributed by atoms with van der Waals surface area (Å²) in [5, 5.41) is 3.74. The number of nitrogens with one attached hydrogen (secondary N) is 1. The van der Waals surface area contributed by atoms with Crippen molar-refractivity contribution in [1.82, 2.24) is 5.32 Å². The number of hydrogen-bond acceptors (Lipinski definition) is 1. The van der Waals surface area contributed by atoms with E-state index in [0.29, 0.717) is 0 Å². The van der Waals surface area contributed by atoms with E-state index in [9.17, 15) is 0 Å². The molecule has 0 aromatic carbocycles. The Balaban J connectivity index is 1.67. The van der Waals surface area contributed by atoms with E-state index in [2.05, 4.69) is 19.2 Å². The van der Waals surface area contributed by atoms with Crippen LogP contribution in [0.25, 0.3) is 0 Å². The Morgan fingerprint density at radius 3 is 2.31 bits per heavy atom. The van der Waals surface area contributed by atoms with Crippen LogP contribution < -0.4 is 5.32 Å². The van der Waals surface area contributed by atoms with Crippen LogP contribution in [0, 0.1) is 17.8 Å². The molecule has 0 aliphatic heterocycles. The summed E-state index contributed by atoms with van der Waals surface area (Å²) >= 11 is 0. The van der Waals surface area contributed by atoms with Crippen molar-refractivity contribution >= 4 is 0 Å². The van der Waals surface area contributed by atoms with Gasteiger partial charge in [0, 0.05) is 6.04 Å². The Labute approximate surface area is 82.3 Å². The van der Waals surface area contributed by atoms with E-state index in [4.69, 9.17) is 0 Å². The molecule has 0 spiro atoms. The average molecular weight is 181 g/mol.